The van der Waals surface area contributed by atoms with Gasteiger partial charge in [0.25, 0.3) is 0 Å². The van der Waals surface area contributed by atoms with E-state index in [1.165, 1.54) is 13.5 Å². The molecule has 5 nitrogen and oxygen atoms in total. The van der Waals surface area contributed by atoms with Crippen LogP contribution < -0.4 is 5.32 Å². The largest absolute Gasteiger partial charge is 0.469 e. The van der Waals surface area contributed by atoms with Crippen molar-refractivity contribution in [3.05, 3.63) is 0 Å². The van der Waals surface area contributed by atoms with Crippen LogP contribution in [0.4, 0.5) is 0 Å². The minimum absolute atomic E-state index is 0.131. The van der Waals surface area contributed by atoms with Gasteiger partial charge in [-0.3, -0.25) is 9.79 Å². The third kappa shape index (κ3) is 5.80. The van der Waals surface area contributed by atoms with Crippen LogP contribution in [0.2, 0.25) is 0 Å². The summed E-state index contributed by atoms with van der Waals surface area (Å²) in [6.45, 7) is 7.60. The first-order valence-corrected chi connectivity index (χ1v) is 7.59. The van der Waals surface area contributed by atoms with Gasteiger partial charge < -0.3 is 15.0 Å². The number of hydrogen-bond acceptors (Lipinski definition) is 3. The van der Waals surface area contributed by atoms with Gasteiger partial charge in [-0.2, -0.15) is 0 Å². The summed E-state index contributed by atoms with van der Waals surface area (Å²) in [5.74, 6) is 2.29. The van der Waals surface area contributed by atoms with Crippen molar-refractivity contribution in [3.8, 4) is 0 Å². The Morgan fingerprint density at radius 2 is 1.95 bits per heavy atom. The number of ether oxygens (including phenoxy) is 1. The van der Waals surface area contributed by atoms with Crippen molar-refractivity contribution in [1.29, 1.82) is 0 Å². The molecule has 116 valence electrons. The highest BCUT2D eigenvalue weighted by atomic mass is 16.5. The lowest BCUT2D eigenvalue weighted by molar-refractivity contribution is -0.140. The number of methoxy groups -OCH3 is 1. The Labute approximate surface area is 122 Å². The highest BCUT2D eigenvalue weighted by molar-refractivity contribution is 5.80. The summed E-state index contributed by atoms with van der Waals surface area (Å²) in [4.78, 5) is 17.7. The second-order valence-electron chi connectivity index (χ2n) is 5.86. The summed E-state index contributed by atoms with van der Waals surface area (Å²) in [6.07, 6.45) is 3.59. The molecule has 0 saturated carbocycles. The Kier molecular flexibility index (Phi) is 7.41. The van der Waals surface area contributed by atoms with E-state index in [0.717, 1.165) is 50.3 Å². The SMILES string of the molecule is CN=C(NCCCCC(=O)OC)N1CC(C)CC(C)C1. The smallest absolute Gasteiger partial charge is 0.305 e. The maximum atomic E-state index is 11.0. The Bertz CT molecular complexity index is 321. The summed E-state index contributed by atoms with van der Waals surface area (Å²) in [5, 5.41) is 3.40. The van der Waals surface area contributed by atoms with Gasteiger partial charge in [-0.1, -0.05) is 13.8 Å². The molecule has 0 aromatic rings. The van der Waals surface area contributed by atoms with E-state index in [2.05, 4.69) is 33.8 Å². The standard InChI is InChI=1S/C15H29N3O2/c1-12-9-13(2)11-18(10-12)15(16-3)17-8-6-5-7-14(19)20-4/h12-13H,5-11H2,1-4H3,(H,16,17). The van der Waals surface area contributed by atoms with Crippen LogP contribution in [-0.4, -0.2) is 50.6 Å². The Morgan fingerprint density at radius 3 is 2.50 bits per heavy atom. The maximum Gasteiger partial charge on any atom is 0.305 e. The summed E-state index contributed by atoms with van der Waals surface area (Å²) >= 11 is 0. The monoisotopic (exact) mass is 283 g/mol. The minimum Gasteiger partial charge on any atom is -0.469 e. The number of piperidine rings is 1. The van der Waals surface area contributed by atoms with Crippen LogP contribution in [0.5, 0.6) is 0 Å². The highest BCUT2D eigenvalue weighted by Gasteiger charge is 2.23. The number of esters is 1. The van der Waals surface area contributed by atoms with Gasteiger partial charge in [-0.15, -0.1) is 0 Å². The molecule has 1 saturated heterocycles. The third-order valence-electron chi connectivity index (χ3n) is 3.70. The molecule has 1 aliphatic rings. The Hall–Kier alpha value is -1.26. The molecule has 2 unspecified atom stereocenters. The van der Waals surface area contributed by atoms with Crippen LogP contribution in [0.25, 0.3) is 0 Å². The number of hydrogen-bond donors (Lipinski definition) is 1. The molecule has 0 bridgehead atoms. The number of carbonyl (C=O) groups excluding carboxylic acids is 1. The van der Waals surface area contributed by atoms with Gasteiger partial charge in [-0.25, -0.2) is 0 Å². The predicted octanol–water partition coefficient (Wildman–Crippen LogP) is 1.88. The van der Waals surface area contributed by atoms with E-state index >= 15 is 0 Å². The van der Waals surface area contributed by atoms with Crippen LogP contribution in [0.1, 0.15) is 39.5 Å². The van der Waals surface area contributed by atoms with Crippen molar-refractivity contribution < 1.29 is 9.53 Å². The molecular weight excluding hydrogens is 254 g/mol. The number of carbonyl (C=O) groups is 1. The number of guanidine groups is 1. The summed E-state index contributed by atoms with van der Waals surface area (Å²) < 4.78 is 4.63. The molecule has 0 aliphatic carbocycles. The van der Waals surface area contributed by atoms with Crippen LogP contribution in [0.3, 0.4) is 0 Å². The fourth-order valence-electron chi connectivity index (χ4n) is 2.86. The number of unbranched alkanes of at least 4 members (excludes halogenated alkanes) is 1. The highest BCUT2D eigenvalue weighted by Crippen LogP contribution is 2.20. The zero-order valence-corrected chi connectivity index (χ0v) is 13.3. The van der Waals surface area contributed by atoms with Crippen molar-refractivity contribution in [2.24, 2.45) is 16.8 Å². The average Bonchev–Trinajstić information content (AvgIpc) is 2.41. The lowest BCUT2D eigenvalue weighted by Gasteiger charge is -2.37. The molecule has 0 radical (unpaired) electrons. The van der Waals surface area contributed by atoms with E-state index in [1.54, 1.807) is 0 Å². The zero-order chi connectivity index (χ0) is 15.0. The van der Waals surface area contributed by atoms with Gasteiger partial charge in [0.1, 0.15) is 0 Å². The van der Waals surface area contributed by atoms with Gasteiger partial charge in [0.2, 0.25) is 0 Å². The van der Waals surface area contributed by atoms with E-state index in [9.17, 15) is 4.79 Å². The first-order chi connectivity index (χ1) is 9.56. The zero-order valence-electron chi connectivity index (χ0n) is 13.3. The average molecular weight is 283 g/mol. The van der Waals surface area contributed by atoms with Crippen LogP contribution in [-0.2, 0) is 9.53 Å². The van der Waals surface area contributed by atoms with Crippen LogP contribution in [0.15, 0.2) is 4.99 Å². The molecule has 0 aromatic carbocycles. The molecule has 20 heavy (non-hydrogen) atoms. The van der Waals surface area contributed by atoms with Gasteiger partial charge in [0, 0.05) is 33.1 Å². The van der Waals surface area contributed by atoms with Crippen molar-refractivity contribution in [2.75, 3.05) is 33.8 Å². The van der Waals surface area contributed by atoms with E-state index in [-0.39, 0.29) is 5.97 Å². The first kappa shape index (κ1) is 16.8. The van der Waals surface area contributed by atoms with E-state index in [1.807, 2.05) is 7.05 Å². The summed E-state index contributed by atoms with van der Waals surface area (Å²) in [5.41, 5.74) is 0. The number of rotatable bonds is 5. The fraction of sp³-hybridized carbons (Fsp3) is 0.867. The molecule has 5 heteroatoms. The molecule has 1 rings (SSSR count). The first-order valence-electron chi connectivity index (χ1n) is 7.59. The molecular formula is C15H29N3O2. The lowest BCUT2D eigenvalue weighted by atomic mass is 9.92. The molecule has 1 fully saturated rings. The molecule has 0 aromatic heterocycles. The van der Waals surface area contributed by atoms with Crippen molar-refractivity contribution in [2.45, 2.75) is 39.5 Å². The van der Waals surface area contributed by atoms with Crippen molar-refractivity contribution in [1.82, 2.24) is 10.2 Å². The molecule has 2 atom stereocenters. The normalized spacial score (nSPS) is 23.6. The van der Waals surface area contributed by atoms with E-state index < -0.39 is 0 Å². The number of likely N-dealkylation sites (tertiary alicyclic amines) is 1. The lowest BCUT2D eigenvalue weighted by Crippen LogP contribution is -2.48. The van der Waals surface area contributed by atoms with Crippen LogP contribution in [0, 0.1) is 11.8 Å². The predicted molar refractivity (Wildman–Crippen MR) is 81.7 cm³/mol. The van der Waals surface area contributed by atoms with Crippen LogP contribution >= 0.6 is 0 Å². The Morgan fingerprint density at radius 1 is 1.30 bits per heavy atom. The van der Waals surface area contributed by atoms with E-state index in [0.29, 0.717) is 6.42 Å². The van der Waals surface area contributed by atoms with Crippen molar-refractivity contribution in [3.63, 3.8) is 0 Å². The number of aliphatic imine (C=N–C) groups is 1. The number of nitrogens with one attached hydrogen (secondary N) is 1. The van der Waals surface area contributed by atoms with E-state index in [4.69, 9.17) is 0 Å². The van der Waals surface area contributed by atoms with Gasteiger partial charge >= 0.3 is 5.97 Å². The fourth-order valence-corrected chi connectivity index (χ4v) is 2.86. The summed E-state index contributed by atoms with van der Waals surface area (Å²) in [7, 11) is 3.27. The minimum atomic E-state index is -0.131. The van der Waals surface area contributed by atoms with Gasteiger partial charge in [-0.05, 0) is 31.1 Å². The van der Waals surface area contributed by atoms with Gasteiger partial charge in [0.15, 0.2) is 5.96 Å². The maximum absolute atomic E-state index is 11.0. The second-order valence-corrected chi connectivity index (χ2v) is 5.86. The molecule has 1 N–H and O–H groups in total. The summed E-state index contributed by atoms with van der Waals surface area (Å²) in [6, 6.07) is 0. The molecule has 0 spiro atoms. The Balaban J connectivity index is 2.27. The molecule has 1 aliphatic heterocycles. The van der Waals surface area contributed by atoms with Crippen molar-refractivity contribution >= 4 is 11.9 Å². The quantitative estimate of drug-likeness (QED) is 0.362. The third-order valence-corrected chi connectivity index (χ3v) is 3.70. The van der Waals surface area contributed by atoms with Gasteiger partial charge in [0.05, 0.1) is 7.11 Å². The number of nitrogens with zero attached hydrogens (tertiary/aromatic N) is 2. The molecule has 0 amide bonds. The molecule has 1 heterocycles. The topological polar surface area (TPSA) is 53.9 Å². The second kappa shape index (κ2) is 8.82.